The molecule has 0 saturated carbocycles. The third-order valence-corrected chi connectivity index (χ3v) is 7.80. The molecule has 1 aromatic carbocycles. The minimum absolute atomic E-state index is 0.0509. The second kappa shape index (κ2) is 10.3. The van der Waals surface area contributed by atoms with Crippen molar-refractivity contribution in [1.82, 2.24) is 14.8 Å². The molecule has 1 aromatic heterocycles. The second-order valence-corrected chi connectivity index (χ2v) is 10.1. The van der Waals surface area contributed by atoms with Crippen molar-refractivity contribution in [3.8, 4) is 0 Å². The van der Waals surface area contributed by atoms with Crippen molar-refractivity contribution in [2.45, 2.75) is 45.8 Å². The van der Waals surface area contributed by atoms with Gasteiger partial charge in [0.05, 0.1) is 17.1 Å². The number of hydrogen-bond acceptors (Lipinski definition) is 4. The zero-order valence-electron chi connectivity index (χ0n) is 19.7. The van der Waals surface area contributed by atoms with Crippen LogP contribution >= 0.6 is 23.2 Å². The van der Waals surface area contributed by atoms with Crippen LogP contribution in [0.4, 0.5) is 4.39 Å². The van der Waals surface area contributed by atoms with Gasteiger partial charge in [0.15, 0.2) is 0 Å². The molecule has 1 saturated heterocycles. The molecule has 188 valence electrons. The predicted molar refractivity (Wildman–Crippen MR) is 132 cm³/mol. The number of H-pyrrole nitrogens is 1. The fraction of sp³-hybridized carbons (Fsp3) is 0.480. The lowest BCUT2D eigenvalue weighted by Gasteiger charge is -2.34. The van der Waals surface area contributed by atoms with Gasteiger partial charge in [-0.15, -0.1) is 0 Å². The fourth-order valence-electron chi connectivity index (χ4n) is 5.07. The van der Waals surface area contributed by atoms with Crippen molar-refractivity contribution < 1.29 is 19.1 Å². The second-order valence-electron chi connectivity index (χ2n) is 9.31. The van der Waals surface area contributed by atoms with Crippen LogP contribution in [-0.2, 0) is 17.8 Å². The smallest absolute Gasteiger partial charge is 0.256 e. The number of nitrogens with one attached hydrogen (secondary N) is 1. The molecule has 1 unspecified atom stereocenters. The number of piperidine rings is 1. The van der Waals surface area contributed by atoms with Gasteiger partial charge in [0, 0.05) is 41.5 Å². The average molecular weight is 524 g/mol. The molecule has 3 heterocycles. The van der Waals surface area contributed by atoms with E-state index in [0.29, 0.717) is 55.0 Å². The van der Waals surface area contributed by atoms with Crippen LogP contribution in [-0.4, -0.2) is 57.9 Å². The quantitative estimate of drug-likeness (QED) is 0.624. The van der Waals surface area contributed by atoms with Crippen LogP contribution in [0.15, 0.2) is 16.9 Å². The molecule has 2 aliphatic heterocycles. The lowest BCUT2D eigenvalue weighted by molar-refractivity contribution is -0.135. The molecule has 2 aromatic rings. The van der Waals surface area contributed by atoms with Crippen LogP contribution < -0.4 is 5.56 Å². The number of aliphatic hydroxyl groups is 1. The van der Waals surface area contributed by atoms with Crippen LogP contribution in [0.5, 0.6) is 0 Å². The SMILES string of the molecule is Cc1cc(C)c(CN2CCc3c(Cl)cc(C(F)C4CCN(C(=O)CO)CC4)c(Cl)c3C2=O)c(=O)[nH]1. The molecule has 4 rings (SSSR count). The largest absolute Gasteiger partial charge is 0.387 e. The van der Waals surface area contributed by atoms with E-state index in [0.717, 1.165) is 11.3 Å². The fourth-order valence-corrected chi connectivity index (χ4v) is 5.73. The summed E-state index contributed by atoms with van der Waals surface area (Å²) < 4.78 is 15.7. The molecule has 35 heavy (non-hydrogen) atoms. The van der Waals surface area contributed by atoms with E-state index in [-0.39, 0.29) is 40.1 Å². The van der Waals surface area contributed by atoms with Crippen molar-refractivity contribution >= 4 is 35.0 Å². The number of fused-ring (bicyclic) bond motifs is 1. The van der Waals surface area contributed by atoms with Crippen LogP contribution in [0.1, 0.15) is 57.3 Å². The summed E-state index contributed by atoms with van der Waals surface area (Å²) in [5.41, 5.74) is 2.74. The Morgan fingerprint density at radius 3 is 2.51 bits per heavy atom. The summed E-state index contributed by atoms with van der Waals surface area (Å²) in [4.78, 5) is 43.5. The van der Waals surface area contributed by atoms with Gasteiger partial charge < -0.3 is 19.9 Å². The van der Waals surface area contributed by atoms with Gasteiger partial charge in [0.25, 0.3) is 11.5 Å². The minimum Gasteiger partial charge on any atom is -0.387 e. The maximum absolute atomic E-state index is 15.7. The number of carbonyl (C=O) groups excluding carboxylic acids is 2. The zero-order valence-corrected chi connectivity index (χ0v) is 21.2. The van der Waals surface area contributed by atoms with E-state index in [2.05, 4.69) is 4.98 Å². The summed E-state index contributed by atoms with van der Waals surface area (Å²) in [6.07, 6.45) is -0.190. The highest BCUT2D eigenvalue weighted by molar-refractivity contribution is 6.37. The Balaban J connectivity index is 1.60. The number of aryl methyl sites for hydroxylation is 2. The lowest BCUT2D eigenvalue weighted by atomic mass is 9.86. The molecular formula is C25H28Cl2FN3O4. The normalized spacial score (nSPS) is 17.5. The number of pyridine rings is 1. The Morgan fingerprint density at radius 2 is 1.89 bits per heavy atom. The molecule has 0 radical (unpaired) electrons. The highest BCUT2D eigenvalue weighted by Crippen LogP contribution is 2.43. The molecule has 1 atom stereocenters. The van der Waals surface area contributed by atoms with Gasteiger partial charge >= 0.3 is 0 Å². The number of nitrogens with zero attached hydrogens (tertiary/aromatic N) is 2. The number of benzene rings is 1. The molecule has 2 N–H and O–H groups in total. The number of amides is 2. The maximum atomic E-state index is 15.7. The molecule has 1 fully saturated rings. The van der Waals surface area contributed by atoms with Crippen LogP contribution in [0.2, 0.25) is 10.0 Å². The van der Waals surface area contributed by atoms with Crippen LogP contribution in [0, 0.1) is 19.8 Å². The molecule has 10 heteroatoms. The number of aromatic amines is 1. The van der Waals surface area contributed by atoms with E-state index in [9.17, 15) is 14.4 Å². The summed E-state index contributed by atoms with van der Waals surface area (Å²) >= 11 is 13.1. The minimum atomic E-state index is -1.46. The summed E-state index contributed by atoms with van der Waals surface area (Å²) in [6.45, 7) is 4.23. The molecule has 2 aliphatic rings. The summed E-state index contributed by atoms with van der Waals surface area (Å²) in [5.74, 6) is -1.15. The molecule has 0 aliphatic carbocycles. The number of likely N-dealkylation sites (tertiary alicyclic amines) is 1. The molecule has 7 nitrogen and oxygen atoms in total. The van der Waals surface area contributed by atoms with Gasteiger partial charge in [-0.1, -0.05) is 23.2 Å². The highest BCUT2D eigenvalue weighted by atomic mass is 35.5. The van der Waals surface area contributed by atoms with Crippen molar-refractivity contribution in [1.29, 1.82) is 0 Å². The standard InChI is InChI=1S/C25H28Cl2FN3O4/c1-13-9-14(2)29-24(34)18(13)11-31-8-5-16-19(26)10-17(22(27)21(16)25(31)35)23(28)15-3-6-30(7-4-15)20(33)12-32/h9-10,15,23,32H,3-8,11-12H2,1-2H3,(H,29,34). The van der Waals surface area contributed by atoms with Crippen molar-refractivity contribution in [2.24, 2.45) is 5.92 Å². The van der Waals surface area contributed by atoms with Crippen LogP contribution in [0.25, 0.3) is 0 Å². The maximum Gasteiger partial charge on any atom is 0.256 e. The number of hydrogen-bond donors (Lipinski definition) is 2. The number of aliphatic hydroxyl groups excluding tert-OH is 1. The number of rotatable bonds is 5. The van der Waals surface area contributed by atoms with Crippen molar-refractivity contribution in [3.63, 3.8) is 0 Å². The number of aromatic nitrogens is 1. The summed E-state index contributed by atoms with van der Waals surface area (Å²) in [5, 5.41) is 9.40. The predicted octanol–water partition coefficient (Wildman–Crippen LogP) is 3.74. The van der Waals surface area contributed by atoms with E-state index in [1.54, 1.807) is 11.8 Å². The van der Waals surface area contributed by atoms with Gasteiger partial charge in [-0.2, -0.15) is 0 Å². The third-order valence-electron chi connectivity index (χ3n) is 7.06. The molecule has 2 amide bonds. The molecule has 0 bridgehead atoms. The third kappa shape index (κ3) is 4.97. The Hall–Kier alpha value is -2.42. The first kappa shape index (κ1) is 25.7. The number of halogens is 3. The first-order valence-electron chi connectivity index (χ1n) is 11.6. The summed E-state index contributed by atoms with van der Waals surface area (Å²) in [6, 6.07) is 3.37. The zero-order chi connectivity index (χ0) is 25.4. The van der Waals surface area contributed by atoms with E-state index < -0.39 is 18.7 Å². The van der Waals surface area contributed by atoms with Gasteiger partial charge in [0.2, 0.25) is 5.91 Å². The highest BCUT2D eigenvalue weighted by Gasteiger charge is 2.35. The van der Waals surface area contributed by atoms with E-state index in [4.69, 9.17) is 28.3 Å². The Bertz CT molecular complexity index is 1220. The summed E-state index contributed by atoms with van der Waals surface area (Å²) in [7, 11) is 0. The number of alkyl halides is 1. The van der Waals surface area contributed by atoms with Crippen LogP contribution in [0.3, 0.4) is 0 Å². The molecule has 0 spiro atoms. The molecular weight excluding hydrogens is 496 g/mol. The Labute approximate surface area is 212 Å². The van der Waals surface area contributed by atoms with E-state index >= 15 is 4.39 Å². The van der Waals surface area contributed by atoms with Crippen molar-refractivity contribution in [2.75, 3.05) is 26.2 Å². The topological polar surface area (TPSA) is 93.7 Å². The average Bonchev–Trinajstić information content (AvgIpc) is 2.83. The van der Waals surface area contributed by atoms with E-state index in [1.807, 2.05) is 13.0 Å². The number of carbonyl (C=O) groups is 2. The first-order chi connectivity index (χ1) is 16.6. The van der Waals surface area contributed by atoms with Gasteiger partial charge in [-0.05, 0) is 62.3 Å². The lowest BCUT2D eigenvalue weighted by Crippen LogP contribution is -2.41. The Kier molecular flexibility index (Phi) is 7.54. The Morgan fingerprint density at radius 1 is 1.20 bits per heavy atom. The van der Waals surface area contributed by atoms with E-state index in [1.165, 1.54) is 11.0 Å². The monoisotopic (exact) mass is 523 g/mol. The first-order valence-corrected chi connectivity index (χ1v) is 12.4. The van der Waals surface area contributed by atoms with Gasteiger partial charge in [-0.3, -0.25) is 14.4 Å². The van der Waals surface area contributed by atoms with Gasteiger partial charge in [0.1, 0.15) is 12.8 Å². The van der Waals surface area contributed by atoms with Gasteiger partial charge in [-0.25, -0.2) is 4.39 Å². The van der Waals surface area contributed by atoms with Crippen molar-refractivity contribution in [3.05, 3.63) is 66.0 Å².